The van der Waals surface area contributed by atoms with Crippen LogP contribution in [0.2, 0.25) is 0 Å². The molecule has 0 aliphatic rings. The van der Waals surface area contributed by atoms with Crippen molar-refractivity contribution in [3.05, 3.63) is 52.3 Å². The van der Waals surface area contributed by atoms with Gasteiger partial charge in [0.1, 0.15) is 10.6 Å². The fourth-order valence-electron chi connectivity index (χ4n) is 1.67. The molecule has 0 aliphatic heterocycles. The van der Waals surface area contributed by atoms with Crippen molar-refractivity contribution in [1.82, 2.24) is 0 Å². The second-order valence-electron chi connectivity index (χ2n) is 4.12. The number of hydrogen-bond acceptors (Lipinski definition) is 3. The summed E-state index contributed by atoms with van der Waals surface area (Å²) in [5.74, 6) is -4.79. The Bertz CT molecular complexity index is 828. The molecular weight excluding hydrogens is 387 g/mol. The molecule has 0 saturated carbocycles. The second-order valence-corrected chi connectivity index (χ2v) is 6.69. The molecule has 0 saturated heterocycles. The van der Waals surface area contributed by atoms with Gasteiger partial charge in [-0.3, -0.25) is 4.72 Å². The van der Waals surface area contributed by atoms with Crippen molar-refractivity contribution in [2.45, 2.75) is 4.90 Å². The van der Waals surface area contributed by atoms with Crippen LogP contribution < -0.4 is 9.46 Å². The van der Waals surface area contributed by atoms with E-state index in [0.717, 1.165) is 6.07 Å². The van der Waals surface area contributed by atoms with Gasteiger partial charge in [0.15, 0.2) is 17.5 Å². The molecule has 0 atom stereocenters. The van der Waals surface area contributed by atoms with Gasteiger partial charge < -0.3 is 4.74 Å². The van der Waals surface area contributed by atoms with Crippen molar-refractivity contribution in [3.8, 4) is 5.75 Å². The maximum absolute atomic E-state index is 13.6. The maximum atomic E-state index is 13.6. The zero-order valence-electron chi connectivity index (χ0n) is 11.0. The molecule has 22 heavy (non-hydrogen) atoms. The minimum absolute atomic E-state index is 0.0127. The van der Waals surface area contributed by atoms with E-state index in [-0.39, 0.29) is 10.6 Å². The van der Waals surface area contributed by atoms with Crippen molar-refractivity contribution in [1.29, 1.82) is 0 Å². The Hall–Kier alpha value is -1.74. The molecule has 1 N–H and O–H groups in total. The summed E-state index contributed by atoms with van der Waals surface area (Å²) in [4.78, 5) is -0.284. The van der Waals surface area contributed by atoms with Crippen LogP contribution in [0.25, 0.3) is 0 Å². The summed E-state index contributed by atoms with van der Waals surface area (Å²) in [6.07, 6.45) is 0. The van der Waals surface area contributed by atoms with Crippen LogP contribution in [0.1, 0.15) is 0 Å². The molecule has 0 bridgehead atoms. The van der Waals surface area contributed by atoms with Gasteiger partial charge in [-0.2, -0.15) is 0 Å². The summed E-state index contributed by atoms with van der Waals surface area (Å²) < 4.78 is 71.4. The molecule has 0 radical (unpaired) electrons. The van der Waals surface area contributed by atoms with Crippen LogP contribution in [-0.4, -0.2) is 15.5 Å². The number of nitrogens with one attached hydrogen (secondary N) is 1. The molecular formula is C13H9BrF3NO3S. The van der Waals surface area contributed by atoms with Crippen LogP contribution in [-0.2, 0) is 10.0 Å². The van der Waals surface area contributed by atoms with Gasteiger partial charge in [-0.05, 0) is 30.3 Å². The van der Waals surface area contributed by atoms with Gasteiger partial charge in [0.25, 0.3) is 10.0 Å². The van der Waals surface area contributed by atoms with E-state index in [0.29, 0.717) is 10.5 Å². The number of methoxy groups -OCH3 is 1. The molecule has 0 fully saturated rings. The molecule has 118 valence electrons. The molecule has 9 heteroatoms. The minimum atomic E-state index is -4.26. The summed E-state index contributed by atoms with van der Waals surface area (Å²) in [5.41, 5.74) is -0.707. The first-order chi connectivity index (χ1) is 10.3. The average molecular weight is 396 g/mol. The van der Waals surface area contributed by atoms with Crippen molar-refractivity contribution in [2.24, 2.45) is 0 Å². The lowest BCUT2D eigenvalue weighted by Gasteiger charge is -2.12. The van der Waals surface area contributed by atoms with Gasteiger partial charge in [-0.15, -0.1) is 0 Å². The van der Waals surface area contributed by atoms with Crippen molar-refractivity contribution in [2.75, 3.05) is 11.8 Å². The van der Waals surface area contributed by atoms with Crippen molar-refractivity contribution >= 4 is 31.6 Å². The first kappa shape index (κ1) is 16.6. The molecule has 2 aromatic rings. The molecule has 0 spiro atoms. The topological polar surface area (TPSA) is 55.4 Å². The molecule has 0 heterocycles. The highest BCUT2D eigenvalue weighted by Gasteiger charge is 2.23. The second kappa shape index (κ2) is 6.17. The zero-order chi connectivity index (χ0) is 16.5. The highest BCUT2D eigenvalue weighted by atomic mass is 79.9. The van der Waals surface area contributed by atoms with Gasteiger partial charge in [0, 0.05) is 4.47 Å². The van der Waals surface area contributed by atoms with E-state index in [1.807, 2.05) is 4.72 Å². The molecule has 0 aromatic heterocycles. The van der Waals surface area contributed by atoms with Crippen molar-refractivity contribution < 1.29 is 26.3 Å². The molecule has 0 aliphatic carbocycles. The monoisotopic (exact) mass is 395 g/mol. The highest BCUT2D eigenvalue weighted by Crippen LogP contribution is 2.30. The van der Waals surface area contributed by atoms with Gasteiger partial charge in [-0.1, -0.05) is 15.9 Å². The lowest BCUT2D eigenvalue weighted by molar-refractivity contribution is 0.402. The Morgan fingerprint density at radius 3 is 2.41 bits per heavy atom. The van der Waals surface area contributed by atoms with E-state index in [4.69, 9.17) is 4.74 Å². The zero-order valence-corrected chi connectivity index (χ0v) is 13.4. The van der Waals surface area contributed by atoms with E-state index in [1.54, 1.807) is 6.07 Å². The average Bonchev–Trinajstić information content (AvgIpc) is 2.48. The lowest BCUT2D eigenvalue weighted by atomic mass is 10.3. The van der Waals surface area contributed by atoms with E-state index >= 15 is 0 Å². The highest BCUT2D eigenvalue weighted by molar-refractivity contribution is 9.10. The van der Waals surface area contributed by atoms with Crippen LogP contribution in [0.4, 0.5) is 18.9 Å². The number of rotatable bonds is 4. The number of hydrogen-bond donors (Lipinski definition) is 1. The number of benzene rings is 2. The fraction of sp³-hybridized carbons (Fsp3) is 0.0769. The summed E-state index contributed by atoms with van der Waals surface area (Å²) in [6.45, 7) is 0. The van der Waals surface area contributed by atoms with Crippen LogP contribution in [0.15, 0.2) is 39.7 Å². The van der Waals surface area contributed by atoms with Crippen LogP contribution >= 0.6 is 15.9 Å². The smallest absolute Gasteiger partial charge is 0.265 e. The normalized spacial score (nSPS) is 11.3. The first-order valence-corrected chi connectivity index (χ1v) is 8.03. The van der Waals surface area contributed by atoms with E-state index in [9.17, 15) is 21.6 Å². The van der Waals surface area contributed by atoms with E-state index in [2.05, 4.69) is 15.9 Å². The number of halogens is 4. The molecule has 2 aromatic carbocycles. The van der Waals surface area contributed by atoms with Gasteiger partial charge in [-0.25, -0.2) is 21.6 Å². The maximum Gasteiger partial charge on any atom is 0.265 e. The fourth-order valence-corrected chi connectivity index (χ4v) is 3.43. The SMILES string of the molecule is COc1ccc(Br)cc1S(=O)(=O)Nc1ccc(F)c(F)c1F. The van der Waals surface area contributed by atoms with E-state index < -0.39 is 33.2 Å². The van der Waals surface area contributed by atoms with Gasteiger partial charge >= 0.3 is 0 Å². The van der Waals surface area contributed by atoms with Gasteiger partial charge in [0.05, 0.1) is 12.8 Å². The largest absolute Gasteiger partial charge is 0.495 e. The Labute approximate surface area is 133 Å². The van der Waals surface area contributed by atoms with Crippen molar-refractivity contribution in [3.63, 3.8) is 0 Å². The summed E-state index contributed by atoms with van der Waals surface area (Å²) in [7, 11) is -3.00. The van der Waals surface area contributed by atoms with Gasteiger partial charge in [0.2, 0.25) is 0 Å². The Morgan fingerprint density at radius 1 is 1.09 bits per heavy atom. The predicted octanol–water partition coefficient (Wildman–Crippen LogP) is 3.68. The molecule has 0 amide bonds. The third-order valence-electron chi connectivity index (χ3n) is 2.69. The Kier molecular flexibility index (Phi) is 4.66. The lowest BCUT2D eigenvalue weighted by Crippen LogP contribution is -2.15. The molecule has 2 rings (SSSR count). The Morgan fingerprint density at radius 2 is 1.77 bits per heavy atom. The summed E-state index contributed by atoms with van der Waals surface area (Å²) >= 11 is 3.11. The first-order valence-electron chi connectivity index (χ1n) is 5.76. The van der Waals surface area contributed by atoms with Crippen LogP contribution in [0.3, 0.4) is 0 Å². The standard InChI is InChI=1S/C13H9BrF3NO3S/c1-21-10-5-2-7(14)6-11(10)22(19,20)18-9-4-3-8(15)12(16)13(9)17/h2-6,18H,1H3. The summed E-state index contributed by atoms with van der Waals surface area (Å²) in [5, 5.41) is 0. The summed E-state index contributed by atoms with van der Waals surface area (Å²) in [6, 6.07) is 5.58. The quantitative estimate of drug-likeness (QED) is 0.803. The predicted molar refractivity (Wildman–Crippen MR) is 77.8 cm³/mol. The van der Waals surface area contributed by atoms with Crippen LogP contribution in [0, 0.1) is 17.5 Å². The number of anilines is 1. The number of sulfonamides is 1. The molecule has 4 nitrogen and oxygen atoms in total. The van der Waals surface area contributed by atoms with Crippen LogP contribution in [0.5, 0.6) is 5.75 Å². The molecule has 0 unspecified atom stereocenters. The third-order valence-corrected chi connectivity index (χ3v) is 4.57. The number of ether oxygens (including phenoxy) is 1. The van der Waals surface area contributed by atoms with E-state index in [1.165, 1.54) is 19.2 Å². The minimum Gasteiger partial charge on any atom is -0.495 e. The Balaban J connectivity index is 2.49. The third kappa shape index (κ3) is 3.20.